The first-order chi connectivity index (χ1) is 12.7. The van der Waals surface area contributed by atoms with E-state index in [9.17, 15) is 0 Å². The molecule has 0 saturated carbocycles. The topological polar surface area (TPSA) is 60.2 Å². The minimum absolute atomic E-state index is 0.579. The molecule has 2 aliphatic rings. The monoisotopic (exact) mass is 370 g/mol. The molecule has 0 aliphatic carbocycles. The average Bonchev–Trinajstić information content (AvgIpc) is 2.90. The van der Waals surface area contributed by atoms with Gasteiger partial charge in [-0.2, -0.15) is 5.10 Å². The highest BCUT2D eigenvalue weighted by molar-refractivity contribution is 7.80. The van der Waals surface area contributed by atoms with Gasteiger partial charge in [-0.25, -0.2) is 0 Å². The summed E-state index contributed by atoms with van der Waals surface area (Å²) in [6.45, 7) is 7.55. The summed E-state index contributed by atoms with van der Waals surface area (Å²) in [5.74, 6) is 0.579. The number of rotatable bonds is 3. The molecule has 138 valence electrons. The Bertz CT molecular complexity index is 755. The van der Waals surface area contributed by atoms with Crippen molar-refractivity contribution in [3.63, 3.8) is 0 Å². The zero-order chi connectivity index (χ0) is 17.9. The standard InChI is InChI=1S/C19H26N6S/c20-19(17-4-1-2-5-18(17)26)24-10-8-23(9-11-24)14-15-12-16-13-21-6-3-7-25(16)22-15/h1-2,4-5,12,20-21,26H,3,6-11,13-14H2. The lowest BCUT2D eigenvalue weighted by Gasteiger charge is -2.36. The van der Waals surface area contributed by atoms with Crippen molar-refractivity contribution in [1.29, 1.82) is 5.41 Å². The Morgan fingerprint density at radius 3 is 2.77 bits per heavy atom. The normalized spacial score (nSPS) is 18.4. The van der Waals surface area contributed by atoms with E-state index in [0.29, 0.717) is 5.84 Å². The number of fused-ring (bicyclic) bond motifs is 1. The predicted molar refractivity (Wildman–Crippen MR) is 106 cm³/mol. The molecule has 3 heterocycles. The van der Waals surface area contributed by atoms with E-state index in [0.717, 1.165) is 74.9 Å². The van der Waals surface area contributed by atoms with Crippen LogP contribution in [0.5, 0.6) is 0 Å². The van der Waals surface area contributed by atoms with Crippen LogP contribution in [-0.2, 0) is 19.6 Å². The zero-order valence-electron chi connectivity index (χ0n) is 15.0. The van der Waals surface area contributed by atoms with Gasteiger partial charge in [-0.3, -0.25) is 15.0 Å². The number of hydrogen-bond acceptors (Lipinski definition) is 5. The molecule has 1 aromatic heterocycles. The smallest absolute Gasteiger partial charge is 0.129 e. The van der Waals surface area contributed by atoms with Gasteiger partial charge in [0.25, 0.3) is 0 Å². The molecule has 0 unspecified atom stereocenters. The van der Waals surface area contributed by atoms with Crippen LogP contribution in [0.1, 0.15) is 23.4 Å². The number of nitrogens with one attached hydrogen (secondary N) is 2. The van der Waals surface area contributed by atoms with Crippen LogP contribution >= 0.6 is 12.6 Å². The average molecular weight is 371 g/mol. The Morgan fingerprint density at radius 1 is 1.15 bits per heavy atom. The lowest BCUT2D eigenvalue weighted by atomic mass is 10.1. The van der Waals surface area contributed by atoms with Gasteiger partial charge in [0.05, 0.1) is 11.4 Å². The van der Waals surface area contributed by atoms with Crippen molar-refractivity contribution in [2.45, 2.75) is 31.0 Å². The molecule has 0 spiro atoms. The van der Waals surface area contributed by atoms with Crippen molar-refractivity contribution in [3.8, 4) is 0 Å². The number of piperazine rings is 1. The predicted octanol–water partition coefficient (Wildman–Crippen LogP) is 1.81. The quantitative estimate of drug-likeness (QED) is 0.438. The molecular formula is C19H26N6S. The van der Waals surface area contributed by atoms with Crippen LogP contribution in [0.25, 0.3) is 0 Å². The molecule has 6 nitrogen and oxygen atoms in total. The molecule has 2 aromatic rings. The van der Waals surface area contributed by atoms with Crippen LogP contribution in [0.3, 0.4) is 0 Å². The number of amidine groups is 1. The van der Waals surface area contributed by atoms with E-state index in [1.807, 2.05) is 24.3 Å². The number of hydrogen-bond donors (Lipinski definition) is 3. The molecule has 2 N–H and O–H groups in total. The van der Waals surface area contributed by atoms with Gasteiger partial charge in [-0.1, -0.05) is 18.2 Å². The van der Waals surface area contributed by atoms with E-state index in [4.69, 9.17) is 10.5 Å². The van der Waals surface area contributed by atoms with Gasteiger partial charge in [0.1, 0.15) is 5.84 Å². The summed E-state index contributed by atoms with van der Waals surface area (Å²) >= 11 is 4.49. The second-order valence-electron chi connectivity index (χ2n) is 7.01. The van der Waals surface area contributed by atoms with E-state index in [1.54, 1.807) is 0 Å². The van der Waals surface area contributed by atoms with Crippen molar-refractivity contribution in [2.75, 3.05) is 32.7 Å². The highest BCUT2D eigenvalue weighted by Crippen LogP contribution is 2.17. The fourth-order valence-corrected chi connectivity index (χ4v) is 3.97. The summed E-state index contributed by atoms with van der Waals surface area (Å²) in [6.07, 6.45) is 1.14. The molecule has 1 fully saturated rings. The van der Waals surface area contributed by atoms with Gasteiger partial charge in [0.15, 0.2) is 0 Å². The lowest BCUT2D eigenvalue weighted by Crippen LogP contribution is -2.48. The molecule has 4 rings (SSSR count). The van der Waals surface area contributed by atoms with Crippen LogP contribution in [0.2, 0.25) is 0 Å². The molecule has 7 heteroatoms. The molecule has 2 aliphatic heterocycles. The Labute approximate surface area is 160 Å². The van der Waals surface area contributed by atoms with Crippen molar-refractivity contribution < 1.29 is 0 Å². The second-order valence-corrected chi connectivity index (χ2v) is 7.49. The number of thiol groups is 1. The maximum atomic E-state index is 8.50. The van der Waals surface area contributed by atoms with Crippen molar-refractivity contribution in [1.82, 2.24) is 24.9 Å². The van der Waals surface area contributed by atoms with Crippen molar-refractivity contribution >= 4 is 18.5 Å². The van der Waals surface area contributed by atoms with E-state index >= 15 is 0 Å². The van der Waals surface area contributed by atoms with Crippen LogP contribution in [0, 0.1) is 5.41 Å². The first-order valence-corrected chi connectivity index (χ1v) is 9.76. The van der Waals surface area contributed by atoms with Crippen LogP contribution in [0.4, 0.5) is 0 Å². The van der Waals surface area contributed by atoms with Gasteiger partial charge in [0, 0.05) is 56.3 Å². The Morgan fingerprint density at radius 2 is 1.96 bits per heavy atom. The second kappa shape index (κ2) is 7.82. The molecule has 1 aromatic carbocycles. The zero-order valence-corrected chi connectivity index (χ0v) is 15.9. The highest BCUT2D eigenvalue weighted by Gasteiger charge is 2.22. The number of aryl methyl sites for hydroxylation is 1. The number of nitrogens with zero attached hydrogens (tertiary/aromatic N) is 4. The van der Waals surface area contributed by atoms with E-state index in [1.165, 1.54) is 5.69 Å². The lowest BCUT2D eigenvalue weighted by molar-refractivity contribution is 0.173. The molecule has 0 amide bonds. The van der Waals surface area contributed by atoms with Gasteiger partial charge in [-0.15, -0.1) is 12.6 Å². The maximum Gasteiger partial charge on any atom is 0.129 e. The van der Waals surface area contributed by atoms with Crippen molar-refractivity contribution in [2.24, 2.45) is 0 Å². The minimum Gasteiger partial charge on any atom is -0.354 e. The highest BCUT2D eigenvalue weighted by atomic mass is 32.1. The molecule has 0 atom stereocenters. The summed E-state index contributed by atoms with van der Waals surface area (Å²) in [7, 11) is 0. The van der Waals surface area contributed by atoms with E-state index < -0.39 is 0 Å². The molecule has 1 saturated heterocycles. The van der Waals surface area contributed by atoms with Crippen LogP contribution < -0.4 is 5.32 Å². The van der Waals surface area contributed by atoms with Crippen LogP contribution in [-0.4, -0.2) is 58.1 Å². The third-order valence-electron chi connectivity index (χ3n) is 5.18. The van der Waals surface area contributed by atoms with E-state index in [-0.39, 0.29) is 0 Å². The summed E-state index contributed by atoms with van der Waals surface area (Å²) in [5.41, 5.74) is 3.37. The van der Waals surface area contributed by atoms with Gasteiger partial charge >= 0.3 is 0 Å². The third kappa shape index (κ3) is 3.79. The molecular weight excluding hydrogens is 344 g/mol. The largest absolute Gasteiger partial charge is 0.354 e. The Kier molecular flexibility index (Phi) is 5.28. The summed E-state index contributed by atoms with van der Waals surface area (Å²) in [6, 6.07) is 10.1. The SMILES string of the molecule is N=C(c1ccccc1S)N1CCN(Cc2cc3n(n2)CCCNC3)CC1. The fourth-order valence-electron chi connectivity index (χ4n) is 3.70. The van der Waals surface area contributed by atoms with Gasteiger partial charge < -0.3 is 10.2 Å². The van der Waals surface area contributed by atoms with Gasteiger partial charge in [-0.05, 0) is 25.1 Å². The Balaban J connectivity index is 1.34. The fraction of sp³-hybridized carbons (Fsp3) is 0.474. The maximum absolute atomic E-state index is 8.50. The number of aromatic nitrogens is 2. The number of benzene rings is 1. The van der Waals surface area contributed by atoms with Crippen molar-refractivity contribution in [3.05, 3.63) is 47.3 Å². The Hall–Kier alpha value is -1.83. The minimum atomic E-state index is 0.579. The van der Waals surface area contributed by atoms with Gasteiger partial charge in [0.2, 0.25) is 0 Å². The summed E-state index contributed by atoms with van der Waals surface area (Å²) in [5, 5.41) is 16.7. The summed E-state index contributed by atoms with van der Waals surface area (Å²) < 4.78 is 2.16. The van der Waals surface area contributed by atoms with Crippen LogP contribution in [0.15, 0.2) is 35.2 Å². The summed E-state index contributed by atoms with van der Waals surface area (Å²) in [4.78, 5) is 5.46. The third-order valence-corrected chi connectivity index (χ3v) is 5.57. The molecule has 0 radical (unpaired) electrons. The molecule has 0 bridgehead atoms. The first kappa shape index (κ1) is 17.6. The molecule has 26 heavy (non-hydrogen) atoms. The van der Waals surface area contributed by atoms with E-state index in [2.05, 4.69) is 38.5 Å². The first-order valence-electron chi connectivity index (χ1n) is 9.31.